The van der Waals surface area contributed by atoms with Gasteiger partial charge >= 0.3 is 0 Å². The first kappa shape index (κ1) is 14.7. The maximum atomic E-state index is 13.5. The molecule has 0 amide bonds. The maximum Gasteiger partial charge on any atom is 0.245 e. The van der Waals surface area contributed by atoms with E-state index in [1.54, 1.807) is 6.08 Å². The van der Waals surface area contributed by atoms with E-state index in [1.165, 1.54) is 13.1 Å². The second kappa shape index (κ2) is 5.97. The molecule has 6 heteroatoms. The van der Waals surface area contributed by atoms with Crippen LogP contribution in [0.25, 0.3) is 0 Å². The number of unbranched alkanes of at least 4 members (excludes halogenated alkanes) is 1. The Labute approximate surface area is 107 Å². The molecular weight excluding hydrogens is 255 g/mol. The van der Waals surface area contributed by atoms with Crippen molar-refractivity contribution >= 4 is 15.7 Å². The van der Waals surface area contributed by atoms with Crippen LogP contribution in [0.3, 0.4) is 0 Å². The molecule has 100 valence electrons. The summed E-state index contributed by atoms with van der Waals surface area (Å²) in [5, 5.41) is 0. The number of anilines is 1. The molecule has 0 heterocycles. The highest BCUT2D eigenvalue weighted by atomic mass is 32.2. The second-order valence-corrected chi connectivity index (χ2v) is 5.96. The molecule has 1 aromatic carbocycles. The fourth-order valence-corrected chi connectivity index (χ4v) is 2.77. The molecule has 1 rings (SSSR count). The Morgan fingerprint density at radius 1 is 1.50 bits per heavy atom. The van der Waals surface area contributed by atoms with Crippen LogP contribution >= 0.6 is 0 Å². The average molecular weight is 272 g/mol. The number of halogens is 1. The lowest BCUT2D eigenvalue weighted by molar-refractivity contribution is 0.456. The van der Waals surface area contributed by atoms with Gasteiger partial charge in [0.2, 0.25) is 10.0 Å². The molecule has 0 saturated heterocycles. The summed E-state index contributed by atoms with van der Waals surface area (Å²) >= 11 is 0. The van der Waals surface area contributed by atoms with Gasteiger partial charge in [0.25, 0.3) is 0 Å². The van der Waals surface area contributed by atoms with Crippen molar-refractivity contribution < 1.29 is 12.8 Å². The number of sulfonamides is 1. The number of nitrogen functional groups attached to an aromatic ring is 1. The van der Waals surface area contributed by atoms with E-state index in [-0.39, 0.29) is 10.6 Å². The van der Waals surface area contributed by atoms with Crippen LogP contribution in [0.1, 0.15) is 12.8 Å². The van der Waals surface area contributed by atoms with Crippen LogP contribution in [0, 0.1) is 5.82 Å². The van der Waals surface area contributed by atoms with Crippen molar-refractivity contribution in [2.45, 2.75) is 17.7 Å². The lowest BCUT2D eigenvalue weighted by Gasteiger charge is -2.17. The van der Waals surface area contributed by atoms with Crippen LogP contribution in [0.5, 0.6) is 0 Å². The van der Waals surface area contributed by atoms with Crippen molar-refractivity contribution in [1.29, 1.82) is 0 Å². The lowest BCUT2D eigenvalue weighted by Crippen LogP contribution is -2.28. The molecule has 0 bridgehead atoms. The molecule has 0 fully saturated rings. The monoisotopic (exact) mass is 272 g/mol. The van der Waals surface area contributed by atoms with Crippen molar-refractivity contribution in [1.82, 2.24) is 4.31 Å². The second-order valence-electron chi connectivity index (χ2n) is 3.95. The number of rotatable bonds is 6. The van der Waals surface area contributed by atoms with Crippen molar-refractivity contribution in [3.63, 3.8) is 0 Å². The zero-order chi connectivity index (χ0) is 13.8. The van der Waals surface area contributed by atoms with Gasteiger partial charge in [-0.25, -0.2) is 17.1 Å². The topological polar surface area (TPSA) is 63.4 Å². The third-order valence-electron chi connectivity index (χ3n) is 2.52. The van der Waals surface area contributed by atoms with Gasteiger partial charge in [-0.2, -0.15) is 0 Å². The zero-order valence-corrected chi connectivity index (χ0v) is 11.1. The zero-order valence-electron chi connectivity index (χ0n) is 10.3. The van der Waals surface area contributed by atoms with Gasteiger partial charge in [0.15, 0.2) is 0 Å². The van der Waals surface area contributed by atoms with E-state index in [0.717, 1.165) is 16.4 Å². The van der Waals surface area contributed by atoms with Gasteiger partial charge in [0, 0.05) is 19.3 Å². The van der Waals surface area contributed by atoms with Gasteiger partial charge in [-0.3, -0.25) is 0 Å². The Morgan fingerprint density at radius 3 is 2.78 bits per heavy atom. The summed E-state index contributed by atoms with van der Waals surface area (Å²) in [6.45, 7) is 3.87. The molecule has 0 aliphatic heterocycles. The minimum Gasteiger partial charge on any atom is -0.399 e. The molecule has 2 N–H and O–H groups in total. The van der Waals surface area contributed by atoms with Crippen LogP contribution < -0.4 is 5.73 Å². The van der Waals surface area contributed by atoms with Crippen molar-refractivity contribution in [3.05, 3.63) is 36.7 Å². The highest BCUT2D eigenvalue weighted by Gasteiger charge is 2.24. The van der Waals surface area contributed by atoms with E-state index in [1.807, 2.05) is 0 Å². The summed E-state index contributed by atoms with van der Waals surface area (Å²) in [6, 6.07) is 3.51. The van der Waals surface area contributed by atoms with Crippen LogP contribution in [-0.4, -0.2) is 26.3 Å². The highest BCUT2D eigenvalue weighted by Crippen LogP contribution is 2.21. The number of allylic oxidation sites excluding steroid dienone is 1. The maximum absolute atomic E-state index is 13.5. The van der Waals surface area contributed by atoms with Crippen molar-refractivity contribution in [2.24, 2.45) is 0 Å². The first-order chi connectivity index (χ1) is 8.39. The van der Waals surface area contributed by atoms with Crippen LogP contribution in [0.4, 0.5) is 10.1 Å². The normalized spacial score (nSPS) is 11.7. The fraction of sp³-hybridized carbons (Fsp3) is 0.333. The third kappa shape index (κ3) is 3.30. The molecule has 0 saturated carbocycles. The van der Waals surface area contributed by atoms with E-state index in [9.17, 15) is 12.8 Å². The number of hydrogen-bond donors (Lipinski definition) is 1. The van der Waals surface area contributed by atoms with E-state index in [0.29, 0.717) is 19.4 Å². The minimum atomic E-state index is -3.83. The smallest absolute Gasteiger partial charge is 0.245 e. The summed E-state index contributed by atoms with van der Waals surface area (Å²) in [5.41, 5.74) is 5.70. The highest BCUT2D eigenvalue weighted by molar-refractivity contribution is 7.89. The molecule has 4 nitrogen and oxygen atoms in total. The summed E-state index contributed by atoms with van der Waals surface area (Å²) in [4.78, 5) is -0.386. The van der Waals surface area contributed by atoms with Gasteiger partial charge in [0.05, 0.1) is 0 Å². The third-order valence-corrected chi connectivity index (χ3v) is 4.40. The predicted octanol–water partition coefficient (Wildman–Crippen LogP) is 1.99. The molecular formula is C12H17FN2O2S. The number of benzene rings is 1. The molecule has 0 spiro atoms. The molecule has 0 aliphatic carbocycles. The van der Waals surface area contributed by atoms with Crippen LogP contribution in [0.15, 0.2) is 35.7 Å². The summed E-state index contributed by atoms with van der Waals surface area (Å²) in [6.07, 6.45) is 3.06. The number of nitrogens with zero attached hydrogens (tertiary/aromatic N) is 1. The van der Waals surface area contributed by atoms with E-state index in [4.69, 9.17) is 5.73 Å². The van der Waals surface area contributed by atoms with E-state index >= 15 is 0 Å². The molecule has 18 heavy (non-hydrogen) atoms. The Balaban J connectivity index is 2.98. The van der Waals surface area contributed by atoms with Gasteiger partial charge in [0.1, 0.15) is 10.7 Å². The molecule has 0 unspecified atom stereocenters. The van der Waals surface area contributed by atoms with E-state index < -0.39 is 15.8 Å². The summed E-state index contributed by atoms with van der Waals surface area (Å²) in [5.74, 6) is -0.792. The Kier molecular flexibility index (Phi) is 4.86. The average Bonchev–Trinajstić information content (AvgIpc) is 2.32. The Bertz CT molecular complexity index is 529. The van der Waals surface area contributed by atoms with Crippen LogP contribution in [0.2, 0.25) is 0 Å². The summed E-state index contributed by atoms with van der Waals surface area (Å²) < 4.78 is 38.9. The van der Waals surface area contributed by atoms with Crippen molar-refractivity contribution in [2.75, 3.05) is 19.3 Å². The first-order valence-electron chi connectivity index (χ1n) is 5.52. The number of nitrogens with two attached hydrogens (primary N) is 1. The lowest BCUT2D eigenvalue weighted by atomic mass is 10.3. The molecule has 0 atom stereocenters. The van der Waals surface area contributed by atoms with Gasteiger partial charge in [-0.1, -0.05) is 6.08 Å². The standard InChI is InChI=1S/C12H17FN2O2S/c1-3-4-5-8-15(2)18(16,17)12-9-10(14)6-7-11(12)13/h3,6-7,9H,1,4-5,8,14H2,2H3. The predicted molar refractivity (Wildman–Crippen MR) is 70.1 cm³/mol. The largest absolute Gasteiger partial charge is 0.399 e. The quantitative estimate of drug-likeness (QED) is 0.489. The molecule has 1 aromatic rings. The molecule has 0 aliphatic rings. The fourth-order valence-electron chi connectivity index (χ4n) is 1.46. The number of hydrogen-bond acceptors (Lipinski definition) is 3. The first-order valence-corrected chi connectivity index (χ1v) is 6.96. The Morgan fingerprint density at radius 2 is 2.17 bits per heavy atom. The van der Waals surface area contributed by atoms with Crippen molar-refractivity contribution in [3.8, 4) is 0 Å². The van der Waals surface area contributed by atoms with E-state index in [2.05, 4.69) is 6.58 Å². The van der Waals surface area contributed by atoms with Gasteiger partial charge in [-0.15, -0.1) is 6.58 Å². The molecule has 0 radical (unpaired) electrons. The van der Waals surface area contributed by atoms with Gasteiger partial charge in [-0.05, 0) is 31.0 Å². The Hall–Kier alpha value is -1.40. The van der Waals surface area contributed by atoms with Gasteiger partial charge < -0.3 is 5.73 Å². The summed E-state index contributed by atoms with van der Waals surface area (Å²) in [7, 11) is -2.41. The molecule has 0 aromatic heterocycles. The SMILES string of the molecule is C=CCCCN(C)S(=O)(=O)c1cc(N)ccc1F. The minimum absolute atomic E-state index is 0.217. The van der Waals surface area contributed by atoms with Crippen LogP contribution in [-0.2, 0) is 10.0 Å².